The fraction of sp³-hybridized carbons (Fsp3) is 0.800. The van der Waals surface area contributed by atoms with Gasteiger partial charge in [-0.05, 0) is 39.5 Å². The molecule has 0 atom stereocenters. The monoisotopic (exact) mass is 249 g/mol. The highest BCUT2D eigenvalue weighted by molar-refractivity contribution is 5.25. The van der Waals surface area contributed by atoms with Crippen molar-refractivity contribution in [2.45, 2.75) is 72.0 Å². The first-order valence-corrected chi connectivity index (χ1v) is 7.16. The maximum absolute atomic E-state index is 4.59. The van der Waals surface area contributed by atoms with Crippen molar-refractivity contribution in [2.75, 3.05) is 0 Å². The van der Waals surface area contributed by atoms with E-state index in [4.69, 9.17) is 0 Å². The van der Waals surface area contributed by atoms with Gasteiger partial charge in [-0.15, -0.1) is 0 Å². The molecule has 1 fully saturated rings. The van der Waals surface area contributed by atoms with Crippen LogP contribution in [0.5, 0.6) is 0 Å². The van der Waals surface area contributed by atoms with Crippen LogP contribution in [0.15, 0.2) is 6.20 Å². The van der Waals surface area contributed by atoms with Gasteiger partial charge in [-0.2, -0.15) is 5.10 Å². The van der Waals surface area contributed by atoms with E-state index in [0.29, 0.717) is 5.92 Å². The van der Waals surface area contributed by atoms with Gasteiger partial charge < -0.3 is 5.32 Å². The molecule has 0 aromatic carbocycles. The zero-order valence-corrected chi connectivity index (χ0v) is 12.5. The molecule has 2 rings (SSSR count). The van der Waals surface area contributed by atoms with Gasteiger partial charge >= 0.3 is 0 Å². The molecular formula is C15H27N3. The van der Waals surface area contributed by atoms with Crippen molar-refractivity contribution < 1.29 is 0 Å². The molecule has 3 heteroatoms. The molecule has 3 nitrogen and oxygen atoms in total. The summed E-state index contributed by atoms with van der Waals surface area (Å²) in [6, 6.07) is 0. The second-order valence-corrected chi connectivity index (χ2v) is 7.01. The number of hydrogen-bond acceptors (Lipinski definition) is 2. The predicted octanol–water partition coefficient (Wildman–Crippen LogP) is 3.30. The summed E-state index contributed by atoms with van der Waals surface area (Å²) in [5.41, 5.74) is 3.05. The molecule has 102 valence electrons. The van der Waals surface area contributed by atoms with Crippen LogP contribution in [-0.4, -0.2) is 15.3 Å². The highest BCUT2D eigenvalue weighted by atomic mass is 15.3. The van der Waals surface area contributed by atoms with Crippen molar-refractivity contribution in [3.8, 4) is 0 Å². The molecule has 18 heavy (non-hydrogen) atoms. The molecule has 1 saturated carbocycles. The van der Waals surface area contributed by atoms with Crippen molar-refractivity contribution in [3.05, 3.63) is 17.5 Å². The van der Waals surface area contributed by atoms with Gasteiger partial charge in [0, 0.05) is 35.8 Å². The minimum atomic E-state index is 0.168. The topological polar surface area (TPSA) is 29.9 Å². The minimum Gasteiger partial charge on any atom is -0.308 e. The van der Waals surface area contributed by atoms with Crippen molar-refractivity contribution >= 4 is 0 Å². The first kappa shape index (κ1) is 13.6. The van der Waals surface area contributed by atoms with Gasteiger partial charge in [0.2, 0.25) is 0 Å². The SMILES string of the molecule is CC(C)Cn1ncc(CNC(C)(C)C)c1C1CC1. The summed E-state index contributed by atoms with van der Waals surface area (Å²) in [5, 5.41) is 8.17. The summed E-state index contributed by atoms with van der Waals surface area (Å²) in [4.78, 5) is 0. The Bertz CT molecular complexity index is 394. The van der Waals surface area contributed by atoms with Gasteiger partial charge in [-0.25, -0.2) is 0 Å². The molecule has 0 saturated heterocycles. The second kappa shape index (κ2) is 5.04. The number of hydrogen-bond donors (Lipinski definition) is 1. The van der Waals surface area contributed by atoms with Crippen LogP contribution >= 0.6 is 0 Å². The highest BCUT2D eigenvalue weighted by Gasteiger charge is 2.30. The van der Waals surface area contributed by atoms with Crippen LogP contribution in [-0.2, 0) is 13.1 Å². The van der Waals surface area contributed by atoms with Crippen molar-refractivity contribution in [2.24, 2.45) is 5.92 Å². The summed E-state index contributed by atoms with van der Waals surface area (Å²) < 4.78 is 2.24. The van der Waals surface area contributed by atoms with E-state index in [2.05, 4.69) is 55.9 Å². The Labute approximate surface area is 111 Å². The van der Waals surface area contributed by atoms with E-state index >= 15 is 0 Å². The number of rotatable bonds is 5. The average Bonchev–Trinajstić information content (AvgIpc) is 2.97. The summed E-state index contributed by atoms with van der Waals surface area (Å²) in [6.45, 7) is 13.1. The Morgan fingerprint density at radius 2 is 2.06 bits per heavy atom. The normalized spacial score (nSPS) is 16.6. The van der Waals surface area contributed by atoms with E-state index < -0.39 is 0 Å². The molecule has 1 aromatic heterocycles. The quantitative estimate of drug-likeness (QED) is 0.867. The Kier molecular flexibility index (Phi) is 3.81. The number of aromatic nitrogens is 2. The van der Waals surface area contributed by atoms with E-state index in [-0.39, 0.29) is 5.54 Å². The Morgan fingerprint density at radius 1 is 1.39 bits per heavy atom. The van der Waals surface area contributed by atoms with Crippen LogP contribution in [0.4, 0.5) is 0 Å². The van der Waals surface area contributed by atoms with Crippen LogP contribution in [0.1, 0.15) is 64.6 Å². The maximum atomic E-state index is 4.59. The van der Waals surface area contributed by atoms with Crippen LogP contribution in [0.25, 0.3) is 0 Å². The lowest BCUT2D eigenvalue weighted by molar-refractivity contribution is 0.421. The van der Waals surface area contributed by atoms with Crippen molar-refractivity contribution in [3.63, 3.8) is 0 Å². The lowest BCUT2D eigenvalue weighted by Crippen LogP contribution is -2.35. The second-order valence-electron chi connectivity index (χ2n) is 7.01. The van der Waals surface area contributed by atoms with Gasteiger partial charge in [-0.3, -0.25) is 4.68 Å². The largest absolute Gasteiger partial charge is 0.308 e. The molecule has 0 radical (unpaired) electrons. The molecule has 1 aromatic rings. The smallest absolute Gasteiger partial charge is 0.0537 e. The third-order valence-corrected chi connectivity index (χ3v) is 3.27. The van der Waals surface area contributed by atoms with Crippen molar-refractivity contribution in [1.29, 1.82) is 0 Å². The van der Waals surface area contributed by atoms with Crippen molar-refractivity contribution in [1.82, 2.24) is 15.1 Å². The molecular weight excluding hydrogens is 222 g/mol. The summed E-state index contributed by atoms with van der Waals surface area (Å²) in [6.07, 6.45) is 4.74. The van der Waals surface area contributed by atoms with Gasteiger partial charge in [0.05, 0.1) is 6.20 Å². The Morgan fingerprint density at radius 3 is 2.56 bits per heavy atom. The lowest BCUT2D eigenvalue weighted by atomic mass is 10.1. The standard InChI is InChI=1S/C15H27N3/c1-11(2)10-18-14(12-6-7-12)13(9-17-18)8-16-15(3,4)5/h9,11-12,16H,6-8,10H2,1-5H3. The van der Waals surface area contributed by atoms with Crippen LogP contribution in [0, 0.1) is 5.92 Å². The van der Waals surface area contributed by atoms with E-state index in [0.717, 1.165) is 19.0 Å². The number of nitrogens with zero attached hydrogens (tertiary/aromatic N) is 2. The van der Waals surface area contributed by atoms with Gasteiger partial charge in [0.1, 0.15) is 0 Å². The lowest BCUT2D eigenvalue weighted by Gasteiger charge is -2.20. The molecule has 0 unspecified atom stereocenters. The molecule has 1 heterocycles. The molecule has 0 amide bonds. The zero-order valence-electron chi connectivity index (χ0n) is 12.5. The van der Waals surface area contributed by atoms with Crippen LogP contribution in [0.2, 0.25) is 0 Å². The third kappa shape index (κ3) is 3.58. The molecule has 1 aliphatic carbocycles. The molecule has 0 spiro atoms. The van der Waals surface area contributed by atoms with E-state index in [1.54, 1.807) is 0 Å². The Balaban J connectivity index is 2.12. The van der Waals surface area contributed by atoms with Gasteiger partial charge in [0.15, 0.2) is 0 Å². The molecule has 1 N–H and O–H groups in total. The first-order chi connectivity index (χ1) is 8.37. The third-order valence-electron chi connectivity index (χ3n) is 3.27. The summed E-state index contributed by atoms with van der Waals surface area (Å²) in [7, 11) is 0. The molecule has 1 aliphatic rings. The first-order valence-electron chi connectivity index (χ1n) is 7.16. The summed E-state index contributed by atoms with van der Waals surface area (Å²) in [5.74, 6) is 1.42. The minimum absolute atomic E-state index is 0.168. The predicted molar refractivity (Wildman–Crippen MR) is 75.6 cm³/mol. The van der Waals surface area contributed by atoms with E-state index in [9.17, 15) is 0 Å². The fourth-order valence-corrected chi connectivity index (χ4v) is 2.25. The maximum Gasteiger partial charge on any atom is 0.0537 e. The van der Waals surface area contributed by atoms with Gasteiger partial charge in [0.25, 0.3) is 0 Å². The fourth-order valence-electron chi connectivity index (χ4n) is 2.25. The van der Waals surface area contributed by atoms with E-state index in [1.165, 1.54) is 24.1 Å². The van der Waals surface area contributed by atoms with E-state index in [1.807, 2.05) is 0 Å². The van der Waals surface area contributed by atoms with Crippen LogP contribution in [0.3, 0.4) is 0 Å². The zero-order chi connectivity index (χ0) is 13.3. The molecule has 0 aliphatic heterocycles. The molecule has 0 bridgehead atoms. The Hall–Kier alpha value is -0.830. The summed E-state index contributed by atoms with van der Waals surface area (Å²) >= 11 is 0. The number of nitrogens with one attached hydrogen (secondary N) is 1. The van der Waals surface area contributed by atoms with Crippen LogP contribution < -0.4 is 5.32 Å². The van der Waals surface area contributed by atoms with Gasteiger partial charge in [-0.1, -0.05) is 13.8 Å². The highest BCUT2D eigenvalue weighted by Crippen LogP contribution is 2.41. The average molecular weight is 249 g/mol.